The number of alkyl halides is 1. The third-order valence-corrected chi connectivity index (χ3v) is 3.22. The molecule has 0 bridgehead atoms. The van der Waals surface area contributed by atoms with Crippen molar-refractivity contribution in [2.75, 3.05) is 5.88 Å². The van der Waals surface area contributed by atoms with Crippen molar-refractivity contribution in [1.82, 2.24) is 0 Å². The third kappa shape index (κ3) is 3.49. The Morgan fingerprint density at radius 1 is 1.46 bits per heavy atom. The van der Waals surface area contributed by atoms with Crippen molar-refractivity contribution in [2.24, 2.45) is 5.92 Å². The lowest BCUT2D eigenvalue weighted by molar-refractivity contribution is 0.655. The minimum atomic E-state index is 0.473. The van der Waals surface area contributed by atoms with E-state index in [9.17, 15) is 0 Å². The lowest BCUT2D eigenvalue weighted by Gasteiger charge is -2.09. The first-order valence-electron chi connectivity index (χ1n) is 4.13. The molecule has 3 heteroatoms. The largest absolute Gasteiger partial charge is 0.126 e. The molecular weight excluding hydrogens is 271 g/mol. The van der Waals surface area contributed by atoms with Crippen LogP contribution in [0.4, 0.5) is 0 Å². The molecule has 0 N–H and O–H groups in total. The van der Waals surface area contributed by atoms with Crippen molar-refractivity contribution in [3.63, 3.8) is 0 Å². The first-order valence-corrected chi connectivity index (χ1v) is 5.84. The van der Waals surface area contributed by atoms with Gasteiger partial charge in [-0.2, -0.15) is 0 Å². The van der Waals surface area contributed by atoms with Crippen molar-refractivity contribution >= 4 is 39.1 Å². The fourth-order valence-corrected chi connectivity index (χ4v) is 1.98. The number of rotatable bonds is 3. The normalized spacial score (nSPS) is 12.9. The smallest absolute Gasteiger partial charge is 0.0449 e. The van der Waals surface area contributed by atoms with Crippen LogP contribution in [0.3, 0.4) is 0 Å². The topological polar surface area (TPSA) is 0 Å². The number of benzene rings is 1. The van der Waals surface area contributed by atoms with E-state index in [1.165, 1.54) is 0 Å². The molecule has 13 heavy (non-hydrogen) atoms. The molecule has 0 spiro atoms. The second-order valence-corrected chi connectivity index (χ2v) is 4.83. The molecule has 1 aromatic carbocycles. The van der Waals surface area contributed by atoms with Gasteiger partial charge in [-0.05, 0) is 30.0 Å². The summed E-state index contributed by atoms with van der Waals surface area (Å²) in [5, 5.41) is 0.811. The highest BCUT2D eigenvalue weighted by atomic mass is 79.9. The molecule has 0 saturated carbocycles. The predicted molar refractivity (Wildman–Crippen MR) is 62.7 cm³/mol. The quantitative estimate of drug-likeness (QED) is 0.715. The summed E-state index contributed by atoms with van der Waals surface area (Å²) in [5.41, 5.74) is 1.16. The van der Waals surface area contributed by atoms with E-state index >= 15 is 0 Å². The molecule has 0 aliphatic rings. The van der Waals surface area contributed by atoms with Crippen LogP contribution >= 0.6 is 39.1 Å². The van der Waals surface area contributed by atoms with Crippen LogP contribution in [0.2, 0.25) is 5.02 Å². The molecule has 0 aliphatic heterocycles. The highest BCUT2D eigenvalue weighted by Gasteiger charge is 2.05. The van der Waals surface area contributed by atoms with Crippen LogP contribution in [0.15, 0.2) is 22.7 Å². The molecule has 0 radical (unpaired) electrons. The van der Waals surface area contributed by atoms with E-state index in [2.05, 4.69) is 22.9 Å². The molecule has 0 aliphatic carbocycles. The Morgan fingerprint density at radius 2 is 2.15 bits per heavy atom. The lowest BCUT2D eigenvalue weighted by Crippen LogP contribution is -2.01. The van der Waals surface area contributed by atoms with Crippen molar-refractivity contribution < 1.29 is 0 Å². The van der Waals surface area contributed by atoms with Gasteiger partial charge in [0.25, 0.3) is 0 Å². The molecule has 0 amide bonds. The minimum Gasteiger partial charge on any atom is -0.126 e. The average Bonchev–Trinajstić information content (AvgIpc) is 2.09. The van der Waals surface area contributed by atoms with E-state index in [-0.39, 0.29) is 0 Å². The zero-order valence-electron chi connectivity index (χ0n) is 7.36. The Morgan fingerprint density at radius 3 is 2.69 bits per heavy atom. The van der Waals surface area contributed by atoms with Crippen molar-refractivity contribution in [3.05, 3.63) is 33.3 Å². The monoisotopic (exact) mass is 280 g/mol. The van der Waals surface area contributed by atoms with Gasteiger partial charge in [0, 0.05) is 15.4 Å². The first-order chi connectivity index (χ1) is 6.13. The van der Waals surface area contributed by atoms with Gasteiger partial charge in [-0.3, -0.25) is 0 Å². The summed E-state index contributed by atoms with van der Waals surface area (Å²) in [4.78, 5) is 0. The van der Waals surface area contributed by atoms with E-state index < -0.39 is 0 Å². The van der Waals surface area contributed by atoms with Gasteiger partial charge in [0.2, 0.25) is 0 Å². The summed E-state index contributed by atoms with van der Waals surface area (Å²) in [6.07, 6.45) is 0.940. The van der Waals surface area contributed by atoms with Gasteiger partial charge in [0.15, 0.2) is 0 Å². The molecule has 1 rings (SSSR count). The maximum atomic E-state index is 6.06. The van der Waals surface area contributed by atoms with Crippen molar-refractivity contribution in [2.45, 2.75) is 13.3 Å². The van der Waals surface area contributed by atoms with E-state index in [4.69, 9.17) is 23.2 Å². The highest BCUT2D eigenvalue weighted by Crippen LogP contribution is 2.23. The van der Waals surface area contributed by atoms with Gasteiger partial charge in [0.1, 0.15) is 0 Å². The summed E-state index contributed by atoms with van der Waals surface area (Å²) in [5.74, 6) is 1.15. The number of hydrogen-bond acceptors (Lipinski definition) is 0. The SMILES string of the molecule is CC(CCl)Cc1ccc(Br)cc1Cl. The van der Waals surface area contributed by atoms with Gasteiger partial charge in [0.05, 0.1) is 0 Å². The Bertz CT molecular complexity index is 286. The van der Waals surface area contributed by atoms with Crippen LogP contribution < -0.4 is 0 Å². The van der Waals surface area contributed by atoms with Crippen LogP contribution in [0, 0.1) is 5.92 Å². The number of halogens is 3. The molecular formula is C10H11BrCl2. The predicted octanol–water partition coefficient (Wildman–Crippen LogP) is 4.52. The van der Waals surface area contributed by atoms with E-state index in [0.717, 1.165) is 21.5 Å². The van der Waals surface area contributed by atoms with Crippen molar-refractivity contribution in [3.8, 4) is 0 Å². The fourth-order valence-electron chi connectivity index (χ4n) is 1.12. The minimum absolute atomic E-state index is 0.473. The van der Waals surface area contributed by atoms with E-state index in [1.807, 2.05) is 18.2 Å². The lowest BCUT2D eigenvalue weighted by atomic mass is 10.0. The summed E-state index contributed by atoms with van der Waals surface area (Å²) in [7, 11) is 0. The highest BCUT2D eigenvalue weighted by molar-refractivity contribution is 9.10. The molecule has 0 nitrogen and oxygen atoms in total. The second kappa shape index (κ2) is 5.23. The summed E-state index contributed by atoms with van der Waals surface area (Å²) < 4.78 is 1.01. The summed E-state index contributed by atoms with van der Waals surface area (Å²) in [6, 6.07) is 5.95. The molecule has 1 atom stereocenters. The van der Waals surface area contributed by atoms with E-state index in [0.29, 0.717) is 11.8 Å². The van der Waals surface area contributed by atoms with Gasteiger partial charge < -0.3 is 0 Å². The molecule has 0 fully saturated rings. The molecule has 0 saturated heterocycles. The van der Waals surface area contributed by atoms with Gasteiger partial charge in [-0.1, -0.05) is 40.5 Å². The molecule has 0 heterocycles. The zero-order chi connectivity index (χ0) is 9.84. The molecule has 72 valence electrons. The molecule has 1 unspecified atom stereocenters. The Labute approximate surface area is 97.4 Å². The van der Waals surface area contributed by atoms with Crippen LogP contribution in [0.5, 0.6) is 0 Å². The van der Waals surface area contributed by atoms with Crippen LogP contribution in [0.25, 0.3) is 0 Å². The maximum absolute atomic E-state index is 6.06. The Kier molecular flexibility index (Phi) is 4.57. The maximum Gasteiger partial charge on any atom is 0.0449 e. The second-order valence-electron chi connectivity index (χ2n) is 3.20. The van der Waals surface area contributed by atoms with Gasteiger partial charge in [-0.15, -0.1) is 11.6 Å². The Balaban J connectivity index is 2.77. The standard InChI is InChI=1S/C10H11BrCl2/c1-7(6-12)4-8-2-3-9(11)5-10(8)13/h2-3,5,7H,4,6H2,1H3. The average molecular weight is 282 g/mol. The number of hydrogen-bond donors (Lipinski definition) is 0. The van der Waals surface area contributed by atoms with Crippen LogP contribution in [-0.2, 0) is 6.42 Å². The fraction of sp³-hybridized carbons (Fsp3) is 0.400. The molecule has 1 aromatic rings. The Hall–Kier alpha value is 0.280. The van der Waals surface area contributed by atoms with Crippen molar-refractivity contribution in [1.29, 1.82) is 0 Å². The third-order valence-electron chi connectivity index (χ3n) is 1.85. The van der Waals surface area contributed by atoms with E-state index in [1.54, 1.807) is 0 Å². The summed E-state index contributed by atoms with van der Waals surface area (Å²) >= 11 is 15.2. The van der Waals surface area contributed by atoms with Crippen LogP contribution in [-0.4, -0.2) is 5.88 Å². The summed E-state index contributed by atoms with van der Waals surface area (Å²) in [6.45, 7) is 2.12. The zero-order valence-corrected chi connectivity index (χ0v) is 10.5. The van der Waals surface area contributed by atoms with Gasteiger partial charge in [-0.25, -0.2) is 0 Å². The van der Waals surface area contributed by atoms with Gasteiger partial charge >= 0.3 is 0 Å². The molecule has 0 aromatic heterocycles. The first kappa shape index (κ1) is 11.4. The van der Waals surface area contributed by atoms with Crippen LogP contribution in [0.1, 0.15) is 12.5 Å².